The second kappa shape index (κ2) is 4.49. The molecule has 0 bridgehead atoms. The van der Waals surface area contributed by atoms with Gasteiger partial charge in [0.05, 0.1) is 10.6 Å². The highest BCUT2D eigenvalue weighted by atomic mass is 32.1. The van der Waals surface area contributed by atoms with Crippen molar-refractivity contribution in [3.63, 3.8) is 0 Å². The molecule has 0 saturated carbocycles. The van der Waals surface area contributed by atoms with Crippen molar-refractivity contribution in [2.75, 3.05) is 5.73 Å². The second-order valence-electron chi connectivity index (χ2n) is 4.29. The first kappa shape index (κ1) is 12.1. The lowest BCUT2D eigenvalue weighted by Crippen LogP contribution is -1.94. The van der Waals surface area contributed by atoms with Crippen LogP contribution in [0.15, 0.2) is 4.52 Å². The van der Waals surface area contributed by atoms with E-state index < -0.39 is 0 Å². The van der Waals surface area contributed by atoms with Gasteiger partial charge in [0.25, 0.3) is 5.89 Å². The summed E-state index contributed by atoms with van der Waals surface area (Å²) in [5.41, 5.74) is 8.01. The lowest BCUT2D eigenvalue weighted by Gasteiger charge is -1.99. The molecule has 0 saturated heterocycles. The molecule has 2 rings (SSSR count). The van der Waals surface area contributed by atoms with E-state index in [0.29, 0.717) is 11.8 Å². The number of nitrogens with two attached hydrogens (primary N) is 1. The molecule has 2 aromatic rings. The third-order valence-corrected chi connectivity index (χ3v) is 4.16. The average Bonchev–Trinajstić information content (AvgIpc) is 2.85. The third kappa shape index (κ3) is 2.07. The first-order chi connectivity index (χ1) is 8.04. The van der Waals surface area contributed by atoms with Crippen molar-refractivity contribution in [3.05, 3.63) is 16.3 Å². The standard InChI is InChI=1S/C12H17N3OS/c1-5-6(2)11-14-12(16-15-11)9-7(3)8(4)17-10(9)13/h6H,5,13H2,1-4H3. The zero-order valence-corrected chi connectivity index (χ0v) is 11.4. The van der Waals surface area contributed by atoms with Crippen LogP contribution in [0.2, 0.25) is 0 Å². The molecular weight excluding hydrogens is 234 g/mol. The monoisotopic (exact) mass is 251 g/mol. The van der Waals surface area contributed by atoms with Crippen molar-refractivity contribution in [1.82, 2.24) is 10.1 Å². The van der Waals surface area contributed by atoms with Gasteiger partial charge in [-0.3, -0.25) is 0 Å². The highest BCUT2D eigenvalue weighted by molar-refractivity contribution is 7.16. The smallest absolute Gasteiger partial charge is 0.261 e. The number of hydrogen-bond donors (Lipinski definition) is 1. The summed E-state index contributed by atoms with van der Waals surface area (Å²) in [4.78, 5) is 5.63. The lowest BCUT2D eigenvalue weighted by molar-refractivity contribution is 0.416. The highest BCUT2D eigenvalue weighted by Crippen LogP contribution is 2.37. The SMILES string of the molecule is CCC(C)c1noc(-c2c(N)sc(C)c2C)n1. The Kier molecular flexibility index (Phi) is 3.19. The maximum atomic E-state index is 5.98. The number of rotatable bonds is 3. The number of nitrogens with zero attached hydrogens (tertiary/aromatic N) is 2. The Labute approximate surface area is 105 Å². The van der Waals surface area contributed by atoms with Crippen molar-refractivity contribution in [1.29, 1.82) is 0 Å². The van der Waals surface area contributed by atoms with Gasteiger partial charge < -0.3 is 10.3 Å². The minimum absolute atomic E-state index is 0.314. The molecule has 0 amide bonds. The van der Waals surface area contributed by atoms with Crippen LogP contribution in [-0.4, -0.2) is 10.1 Å². The molecule has 17 heavy (non-hydrogen) atoms. The fraction of sp³-hybridized carbons (Fsp3) is 0.500. The van der Waals surface area contributed by atoms with Crippen LogP contribution in [0.3, 0.4) is 0 Å². The molecule has 0 aliphatic rings. The number of nitrogen functional groups attached to an aromatic ring is 1. The van der Waals surface area contributed by atoms with Crippen LogP contribution in [0.1, 0.15) is 42.5 Å². The van der Waals surface area contributed by atoms with Crippen LogP contribution < -0.4 is 5.73 Å². The van der Waals surface area contributed by atoms with Gasteiger partial charge in [0, 0.05) is 10.8 Å². The molecule has 1 unspecified atom stereocenters. The summed E-state index contributed by atoms with van der Waals surface area (Å²) in [6.45, 7) is 8.27. The second-order valence-corrected chi connectivity index (χ2v) is 5.55. The summed E-state index contributed by atoms with van der Waals surface area (Å²) in [5, 5.41) is 4.77. The lowest BCUT2D eigenvalue weighted by atomic mass is 10.1. The van der Waals surface area contributed by atoms with Gasteiger partial charge >= 0.3 is 0 Å². The number of aromatic nitrogens is 2. The molecule has 4 nitrogen and oxygen atoms in total. The molecule has 0 aliphatic heterocycles. The first-order valence-corrected chi connectivity index (χ1v) is 6.55. The van der Waals surface area contributed by atoms with E-state index in [1.54, 1.807) is 11.3 Å². The molecule has 92 valence electrons. The van der Waals surface area contributed by atoms with Gasteiger partial charge in [-0.15, -0.1) is 11.3 Å². The summed E-state index contributed by atoms with van der Waals surface area (Å²) in [6, 6.07) is 0. The normalized spacial score (nSPS) is 12.9. The van der Waals surface area contributed by atoms with E-state index in [-0.39, 0.29) is 0 Å². The van der Waals surface area contributed by atoms with Gasteiger partial charge in [0.1, 0.15) is 0 Å². The molecule has 0 aliphatic carbocycles. The van der Waals surface area contributed by atoms with E-state index >= 15 is 0 Å². The van der Waals surface area contributed by atoms with E-state index in [1.165, 1.54) is 4.88 Å². The van der Waals surface area contributed by atoms with Crippen LogP contribution in [0.25, 0.3) is 11.5 Å². The van der Waals surface area contributed by atoms with Crippen molar-refractivity contribution in [2.45, 2.75) is 40.0 Å². The van der Waals surface area contributed by atoms with Crippen molar-refractivity contribution < 1.29 is 4.52 Å². The third-order valence-electron chi connectivity index (χ3n) is 3.12. The summed E-state index contributed by atoms with van der Waals surface area (Å²) in [5.74, 6) is 1.61. The number of anilines is 1. The Morgan fingerprint density at radius 3 is 2.65 bits per heavy atom. The summed E-state index contributed by atoms with van der Waals surface area (Å²) in [7, 11) is 0. The van der Waals surface area contributed by atoms with E-state index in [1.807, 2.05) is 13.8 Å². The molecule has 0 fully saturated rings. The minimum atomic E-state index is 0.314. The molecule has 1 atom stereocenters. The van der Waals surface area contributed by atoms with Gasteiger partial charge in [-0.1, -0.05) is 19.0 Å². The Morgan fingerprint density at radius 1 is 1.41 bits per heavy atom. The topological polar surface area (TPSA) is 64.9 Å². The van der Waals surface area contributed by atoms with Crippen LogP contribution in [-0.2, 0) is 0 Å². The quantitative estimate of drug-likeness (QED) is 0.906. The highest BCUT2D eigenvalue weighted by Gasteiger charge is 2.19. The van der Waals surface area contributed by atoms with Crippen molar-refractivity contribution >= 4 is 16.3 Å². The van der Waals surface area contributed by atoms with Gasteiger partial charge in [0.15, 0.2) is 5.82 Å². The number of aryl methyl sites for hydroxylation is 1. The first-order valence-electron chi connectivity index (χ1n) is 5.74. The molecule has 5 heteroatoms. The maximum absolute atomic E-state index is 5.98. The Balaban J connectivity index is 2.43. The van der Waals surface area contributed by atoms with E-state index in [0.717, 1.165) is 28.4 Å². The summed E-state index contributed by atoms with van der Waals surface area (Å²) < 4.78 is 5.31. The van der Waals surface area contributed by atoms with E-state index in [2.05, 4.69) is 24.0 Å². The van der Waals surface area contributed by atoms with Gasteiger partial charge in [0.2, 0.25) is 0 Å². The molecule has 2 aromatic heterocycles. The van der Waals surface area contributed by atoms with Crippen molar-refractivity contribution in [2.24, 2.45) is 0 Å². The van der Waals surface area contributed by atoms with Gasteiger partial charge in [-0.05, 0) is 25.8 Å². The number of hydrogen-bond acceptors (Lipinski definition) is 5. The largest absolute Gasteiger partial charge is 0.390 e. The molecule has 2 N–H and O–H groups in total. The summed E-state index contributed by atoms with van der Waals surface area (Å²) in [6.07, 6.45) is 0.996. The Bertz CT molecular complexity index is 530. The van der Waals surface area contributed by atoms with Crippen LogP contribution in [0, 0.1) is 13.8 Å². The van der Waals surface area contributed by atoms with E-state index in [4.69, 9.17) is 10.3 Å². The van der Waals surface area contributed by atoms with Crippen LogP contribution in [0.5, 0.6) is 0 Å². The van der Waals surface area contributed by atoms with Gasteiger partial charge in [-0.25, -0.2) is 0 Å². The van der Waals surface area contributed by atoms with Gasteiger partial charge in [-0.2, -0.15) is 4.98 Å². The fourth-order valence-electron chi connectivity index (χ4n) is 1.64. The molecule has 0 aromatic carbocycles. The summed E-state index contributed by atoms with van der Waals surface area (Å²) >= 11 is 1.56. The van der Waals surface area contributed by atoms with Crippen molar-refractivity contribution in [3.8, 4) is 11.5 Å². The fourth-order valence-corrected chi connectivity index (χ4v) is 2.57. The average molecular weight is 251 g/mol. The van der Waals surface area contributed by atoms with Crippen LogP contribution >= 0.6 is 11.3 Å². The maximum Gasteiger partial charge on any atom is 0.261 e. The molecule has 0 spiro atoms. The Hall–Kier alpha value is -1.36. The predicted molar refractivity (Wildman–Crippen MR) is 70.2 cm³/mol. The predicted octanol–water partition coefficient (Wildman–Crippen LogP) is 3.51. The Morgan fingerprint density at radius 2 is 2.12 bits per heavy atom. The zero-order chi connectivity index (χ0) is 12.6. The zero-order valence-electron chi connectivity index (χ0n) is 10.6. The van der Waals surface area contributed by atoms with Crippen LogP contribution in [0.4, 0.5) is 5.00 Å². The minimum Gasteiger partial charge on any atom is -0.390 e. The molecule has 0 radical (unpaired) electrons. The molecular formula is C12H17N3OS. The molecule has 2 heterocycles. The number of thiophene rings is 1. The van der Waals surface area contributed by atoms with E-state index in [9.17, 15) is 0 Å².